The van der Waals surface area contributed by atoms with E-state index < -0.39 is 0 Å². The van der Waals surface area contributed by atoms with Crippen molar-refractivity contribution in [3.8, 4) is 0 Å². The third-order valence-corrected chi connectivity index (χ3v) is 3.38. The molecule has 2 rings (SSSR count). The molecule has 2 nitrogen and oxygen atoms in total. The van der Waals surface area contributed by atoms with Gasteiger partial charge in [-0.2, -0.15) is 0 Å². The van der Waals surface area contributed by atoms with Crippen molar-refractivity contribution in [1.29, 1.82) is 0 Å². The first-order valence-corrected chi connectivity index (χ1v) is 6.65. The minimum absolute atomic E-state index is 0.189. The standard InChI is InChI=1S/C14H15BrFNO/c1-3-17-14(11-6-7-18-9(11)2)12-8-10(15)4-5-13(12)16/h4-8,14,17H,3H2,1-2H3. The van der Waals surface area contributed by atoms with Crippen LogP contribution in [0.15, 0.2) is 39.4 Å². The first-order chi connectivity index (χ1) is 8.63. The van der Waals surface area contributed by atoms with Gasteiger partial charge < -0.3 is 9.73 Å². The molecule has 1 aromatic heterocycles. The van der Waals surface area contributed by atoms with Crippen molar-refractivity contribution >= 4 is 15.9 Å². The lowest BCUT2D eigenvalue weighted by atomic mass is 9.98. The number of nitrogens with one attached hydrogen (secondary N) is 1. The number of hydrogen-bond donors (Lipinski definition) is 1. The number of halogens is 2. The molecule has 4 heteroatoms. The Hall–Kier alpha value is -1.13. The maximum Gasteiger partial charge on any atom is 0.128 e. The summed E-state index contributed by atoms with van der Waals surface area (Å²) in [7, 11) is 0. The highest BCUT2D eigenvalue weighted by Crippen LogP contribution is 2.29. The van der Waals surface area contributed by atoms with Gasteiger partial charge in [0.15, 0.2) is 0 Å². The Kier molecular flexibility index (Phi) is 4.19. The normalized spacial score (nSPS) is 12.7. The monoisotopic (exact) mass is 311 g/mol. The molecule has 0 amide bonds. The SMILES string of the molecule is CCNC(c1cc(Br)ccc1F)c1ccoc1C. The number of hydrogen-bond acceptors (Lipinski definition) is 2. The molecule has 2 aromatic rings. The average molecular weight is 312 g/mol. The molecule has 0 saturated carbocycles. The van der Waals surface area contributed by atoms with Crippen LogP contribution in [0.5, 0.6) is 0 Å². The van der Waals surface area contributed by atoms with E-state index in [2.05, 4.69) is 21.2 Å². The van der Waals surface area contributed by atoms with Crippen LogP contribution in [0.25, 0.3) is 0 Å². The van der Waals surface area contributed by atoms with Crippen LogP contribution in [0, 0.1) is 12.7 Å². The number of furan rings is 1. The van der Waals surface area contributed by atoms with Gasteiger partial charge in [-0.1, -0.05) is 22.9 Å². The lowest BCUT2D eigenvalue weighted by Gasteiger charge is -2.19. The predicted octanol–water partition coefficient (Wildman–Crippen LogP) is 4.19. The second kappa shape index (κ2) is 5.67. The molecule has 0 spiro atoms. The summed E-state index contributed by atoms with van der Waals surface area (Å²) >= 11 is 3.38. The Bertz CT molecular complexity index is 538. The van der Waals surface area contributed by atoms with Crippen molar-refractivity contribution in [2.24, 2.45) is 0 Å². The summed E-state index contributed by atoms with van der Waals surface area (Å²) in [6.07, 6.45) is 1.63. The lowest BCUT2D eigenvalue weighted by Crippen LogP contribution is -2.23. The van der Waals surface area contributed by atoms with Crippen molar-refractivity contribution in [3.05, 3.63) is 57.7 Å². The molecule has 96 valence electrons. The summed E-state index contributed by atoms with van der Waals surface area (Å²) in [5, 5.41) is 3.29. The second-order valence-corrected chi connectivity index (χ2v) is 5.00. The van der Waals surface area contributed by atoms with E-state index in [9.17, 15) is 4.39 Å². The van der Waals surface area contributed by atoms with Gasteiger partial charge in [0.1, 0.15) is 11.6 Å². The van der Waals surface area contributed by atoms with Gasteiger partial charge >= 0.3 is 0 Å². The maximum absolute atomic E-state index is 14.0. The Balaban J connectivity index is 2.48. The molecule has 0 aliphatic heterocycles. The number of rotatable bonds is 4. The minimum atomic E-state index is -0.218. The first-order valence-electron chi connectivity index (χ1n) is 5.85. The van der Waals surface area contributed by atoms with Crippen molar-refractivity contribution in [2.75, 3.05) is 6.54 Å². The molecular weight excluding hydrogens is 297 g/mol. The molecule has 0 bridgehead atoms. The molecule has 1 heterocycles. The van der Waals surface area contributed by atoms with Crippen LogP contribution in [-0.4, -0.2) is 6.54 Å². The van der Waals surface area contributed by atoms with E-state index in [4.69, 9.17) is 4.42 Å². The Labute approximate surface area is 114 Å². The fraction of sp³-hybridized carbons (Fsp3) is 0.286. The fourth-order valence-electron chi connectivity index (χ4n) is 2.02. The van der Waals surface area contributed by atoms with E-state index in [-0.39, 0.29) is 11.9 Å². The minimum Gasteiger partial charge on any atom is -0.469 e. The van der Waals surface area contributed by atoms with E-state index in [0.29, 0.717) is 5.56 Å². The Morgan fingerprint density at radius 2 is 2.11 bits per heavy atom. The third kappa shape index (κ3) is 2.65. The third-order valence-electron chi connectivity index (χ3n) is 2.89. The van der Waals surface area contributed by atoms with E-state index in [1.54, 1.807) is 18.4 Å². The molecule has 1 atom stereocenters. The van der Waals surface area contributed by atoms with Crippen LogP contribution in [0.4, 0.5) is 4.39 Å². The molecular formula is C14H15BrFNO. The summed E-state index contributed by atoms with van der Waals surface area (Å²) in [5.74, 6) is 0.588. The zero-order valence-electron chi connectivity index (χ0n) is 10.3. The van der Waals surface area contributed by atoms with Crippen LogP contribution in [0.2, 0.25) is 0 Å². The predicted molar refractivity (Wildman–Crippen MR) is 73.1 cm³/mol. The smallest absolute Gasteiger partial charge is 0.128 e. The van der Waals surface area contributed by atoms with Crippen LogP contribution >= 0.6 is 15.9 Å². The van der Waals surface area contributed by atoms with Gasteiger partial charge in [-0.05, 0) is 37.7 Å². The molecule has 18 heavy (non-hydrogen) atoms. The molecule has 0 radical (unpaired) electrons. The summed E-state index contributed by atoms with van der Waals surface area (Å²) in [6.45, 7) is 4.63. The molecule has 0 fully saturated rings. The van der Waals surface area contributed by atoms with Crippen molar-refractivity contribution in [3.63, 3.8) is 0 Å². The van der Waals surface area contributed by atoms with Gasteiger partial charge in [0.25, 0.3) is 0 Å². The highest BCUT2D eigenvalue weighted by molar-refractivity contribution is 9.10. The summed E-state index contributed by atoms with van der Waals surface area (Å²) in [5.41, 5.74) is 1.59. The molecule has 0 saturated heterocycles. The van der Waals surface area contributed by atoms with Gasteiger partial charge in [0, 0.05) is 15.6 Å². The largest absolute Gasteiger partial charge is 0.469 e. The number of aryl methyl sites for hydroxylation is 1. The van der Waals surface area contributed by atoms with Gasteiger partial charge in [-0.15, -0.1) is 0 Å². The van der Waals surface area contributed by atoms with E-state index in [0.717, 1.165) is 22.3 Å². The van der Waals surface area contributed by atoms with Crippen molar-refractivity contribution < 1.29 is 8.81 Å². The molecule has 1 aromatic carbocycles. The van der Waals surface area contributed by atoms with Crippen molar-refractivity contribution in [1.82, 2.24) is 5.32 Å². The highest BCUT2D eigenvalue weighted by Gasteiger charge is 2.20. The van der Waals surface area contributed by atoms with Gasteiger partial charge in [-0.3, -0.25) is 0 Å². The summed E-state index contributed by atoms with van der Waals surface area (Å²) < 4.78 is 20.1. The van der Waals surface area contributed by atoms with Gasteiger partial charge in [0.2, 0.25) is 0 Å². The van der Waals surface area contributed by atoms with Crippen LogP contribution in [-0.2, 0) is 0 Å². The zero-order valence-corrected chi connectivity index (χ0v) is 11.9. The first kappa shape index (κ1) is 13.3. The lowest BCUT2D eigenvalue weighted by molar-refractivity contribution is 0.513. The molecule has 1 unspecified atom stereocenters. The Morgan fingerprint density at radius 3 is 2.72 bits per heavy atom. The quantitative estimate of drug-likeness (QED) is 0.916. The van der Waals surface area contributed by atoms with E-state index >= 15 is 0 Å². The van der Waals surface area contributed by atoms with Crippen LogP contribution in [0.3, 0.4) is 0 Å². The van der Waals surface area contributed by atoms with E-state index in [1.807, 2.05) is 19.9 Å². The van der Waals surface area contributed by atoms with Gasteiger partial charge in [0.05, 0.1) is 12.3 Å². The summed E-state index contributed by atoms with van der Waals surface area (Å²) in [6, 6.07) is 6.66. The number of benzene rings is 1. The van der Waals surface area contributed by atoms with Crippen LogP contribution in [0.1, 0.15) is 29.9 Å². The molecule has 0 aliphatic rings. The Morgan fingerprint density at radius 1 is 1.33 bits per heavy atom. The topological polar surface area (TPSA) is 25.2 Å². The molecule has 0 aliphatic carbocycles. The summed E-state index contributed by atoms with van der Waals surface area (Å²) in [4.78, 5) is 0. The van der Waals surface area contributed by atoms with E-state index in [1.165, 1.54) is 6.07 Å². The van der Waals surface area contributed by atoms with Crippen molar-refractivity contribution in [2.45, 2.75) is 19.9 Å². The molecule has 1 N–H and O–H groups in total. The fourth-order valence-corrected chi connectivity index (χ4v) is 2.40. The van der Waals surface area contributed by atoms with Crippen LogP contribution < -0.4 is 5.32 Å². The second-order valence-electron chi connectivity index (χ2n) is 4.09. The zero-order chi connectivity index (χ0) is 13.1. The van der Waals surface area contributed by atoms with Gasteiger partial charge in [-0.25, -0.2) is 4.39 Å². The average Bonchev–Trinajstić information content (AvgIpc) is 2.76. The highest BCUT2D eigenvalue weighted by atomic mass is 79.9. The maximum atomic E-state index is 14.0.